The molecule has 5 heteroatoms. The van der Waals surface area contributed by atoms with Crippen LogP contribution in [0.25, 0.3) is 16.6 Å². The first-order chi connectivity index (χ1) is 10.3. The number of imidazole rings is 1. The van der Waals surface area contributed by atoms with Gasteiger partial charge in [-0.3, -0.25) is 4.40 Å². The van der Waals surface area contributed by atoms with Crippen molar-refractivity contribution in [2.75, 3.05) is 11.9 Å². The van der Waals surface area contributed by atoms with Crippen molar-refractivity contribution in [3.05, 3.63) is 48.9 Å². The molecule has 1 aromatic carbocycles. The molecule has 21 heavy (non-hydrogen) atoms. The smallest absolute Gasteiger partial charge is 0.153 e. The Morgan fingerprint density at radius 2 is 2.14 bits per heavy atom. The number of anilines is 1. The minimum Gasteiger partial charge on any atom is -0.396 e. The fourth-order valence-corrected chi connectivity index (χ4v) is 2.90. The van der Waals surface area contributed by atoms with Gasteiger partial charge in [0.25, 0.3) is 0 Å². The van der Waals surface area contributed by atoms with Crippen LogP contribution >= 0.6 is 0 Å². The van der Waals surface area contributed by atoms with E-state index in [1.807, 2.05) is 41.2 Å². The molecule has 0 unspecified atom stereocenters. The molecule has 0 aliphatic heterocycles. The fourth-order valence-electron chi connectivity index (χ4n) is 2.90. The van der Waals surface area contributed by atoms with E-state index in [1.54, 1.807) is 0 Å². The summed E-state index contributed by atoms with van der Waals surface area (Å²) in [6, 6.07) is 8.23. The van der Waals surface area contributed by atoms with Gasteiger partial charge < -0.3 is 10.4 Å². The van der Waals surface area contributed by atoms with Crippen LogP contribution in [-0.4, -0.2) is 32.1 Å². The van der Waals surface area contributed by atoms with E-state index in [2.05, 4.69) is 22.5 Å². The van der Waals surface area contributed by atoms with Gasteiger partial charge in [-0.15, -0.1) is 0 Å². The molecule has 1 aliphatic rings. The summed E-state index contributed by atoms with van der Waals surface area (Å²) >= 11 is 0. The van der Waals surface area contributed by atoms with Crippen molar-refractivity contribution >= 4 is 22.4 Å². The average Bonchev–Trinajstić information content (AvgIpc) is 3.16. The minimum absolute atomic E-state index is 0.196. The molecule has 0 spiro atoms. The molecule has 106 valence electrons. The summed E-state index contributed by atoms with van der Waals surface area (Å²) in [7, 11) is 0. The lowest BCUT2D eigenvalue weighted by Crippen LogP contribution is -2.18. The van der Waals surface area contributed by atoms with Crippen LogP contribution in [0.1, 0.15) is 6.42 Å². The third kappa shape index (κ3) is 2.06. The van der Waals surface area contributed by atoms with E-state index in [4.69, 9.17) is 4.98 Å². The van der Waals surface area contributed by atoms with Crippen molar-refractivity contribution < 1.29 is 5.11 Å². The molecule has 2 heterocycles. The zero-order chi connectivity index (χ0) is 14.2. The Hall–Kier alpha value is -2.40. The number of hydrogen-bond donors (Lipinski definition) is 2. The van der Waals surface area contributed by atoms with Gasteiger partial charge in [-0.25, -0.2) is 9.97 Å². The van der Waals surface area contributed by atoms with Crippen molar-refractivity contribution in [3.63, 3.8) is 0 Å². The van der Waals surface area contributed by atoms with Crippen LogP contribution in [0.2, 0.25) is 0 Å². The van der Waals surface area contributed by atoms with Crippen molar-refractivity contribution in [1.82, 2.24) is 14.4 Å². The lowest BCUT2D eigenvalue weighted by Gasteiger charge is -2.15. The molecule has 2 N–H and O–H groups in total. The van der Waals surface area contributed by atoms with Gasteiger partial charge >= 0.3 is 0 Å². The summed E-state index contributed by atoms with van der Waals surface area (Å²) in [5.74, 6) is 1.07. The molecule has 1 aliphatic carbocycles. The maximum Gasteiger partial charge on any atom is 0.153 e. The predicted octanol–water partition coefficient (Wildman–Crippen LogP) is 2.23. The molecule has 0 saturated heterocycles. The number of hydrogen-bond acceptors (Lipinski definition) is 4. The summed E-state index contributed by atoms with van der Waals surface area (Å²) in [6.07, 6.45) is 8.69. The van der Waals surface area contributed by atoms with Crippen LogP contribution in [0.15, 0.2) is 48.9 Å². The van der Waals surface area contributed by atoms with Crippen molar-refractivity contribution in [3.8, 4) is 0 Å². The summed E-state index contributed by atoms with van der Waals surface area (Å²) in [4.78, 5) is 8.96. The maximum absolute atomic E-state index is 9.22. The molecular formula is C16H16N4O. The van der Waals surface area contributed by atoms with Crippen LogP contribution < -0.4 is 5.32 Å². The molecule has 2 aromatic heterocycles. The summed E-state index contributed by atoms with van der Waals surface area (Å²) in [6.45, 7) is 0.196. The van der Waals surface area contributed by atoms with E-state index in [0.29, 0.717) is 0 Å². The van der Waals surface area contributed by atoms with E-state index >= 15 is 0 Å². The Labute approximate surface area is 122 Å². The number of aromatic nitrogens is 3. The highest BCUT2D eigenvalue weighted by atomic mass is 16.3. The van der Waals surface area contributed by atoms with E-state index in [1.165, 1.54) is 0 Å². The standard InChI is InChI=1S/C16H16N4O/c21-9-11-5-6-12(7-11)18-16-15-8-17-10-20(15)14-4-2-1-3-13(14)19-16/h1-6,8,10-12,21H,7,9H2,(H,18,19)/t11-,12+/m0/s1. The summed E-state index contributed by atoms with van der Waals surface area (Å²) in [5.41, 5.74) is 2.95. The van der Waals surface area contributed by atoms with E-state index in [0.717, 1.165) is 28.8 Å². The van der Waals surface area contributed by atoms with Crippen LogP contribution in [0.5, 0.6) is 0 Å². The number of fused-ring (bicyclic) bond motifs is 3. The molecule has 0 saturated carbocycles. The first-order valence-electron chi connectivity index (χ1n) is 7.11. The quantitative estimate of drug-likeness (QED) is 0.722. The van der Waals surface area contributed by atoms with Crippen LogP contribution in [-0.2, 0) is 0 Å². The third-order valence-electron chi connectivity index (χ3n) is 3.98. The number of aliphatic hydroxyl groups excluding tert-OH is 1. The molecule has 4 rings (SSSR count). The summed E-state index contributed by atoms with van der Waals surface area (Å²) < 4.78 is 2.05. The SMILES string of the molecule is OC[C@H]1C=C[C@@H](Nc2nc3ccccc3n3cncc23)C1. The Bertz CT molecular complexity index is 823. The number of benzene rings is 1. The number of aliphatic hydroxyl groups is 1. The van der Waals surface area contributed by atoms with Gasteiger partial charge in [-0.2, -0.15) is 0 Å². The van der Waals surface area contributed by atoms with Crippen molar-refractivity contribution in [1.29, 1.82) is 0 Å². The molecule has 5 nitrogen and oxygen atoms in total. The van der Waals surface area contributed by atoms with Gasteiger partial charge in [0, 0.05) is 18.6 Å². The highest BCUT2D eigenvalue weighted by molar-refractivity contribution is 5.84. The molecule has 0 amide bonds. The van der Waals surface area contributed by atoms with Crippen molar-refractivity contribution in [2.45, 2.75) is 12.5 Å². The Morgan fingerprint density at radius 1 is 1.24 bits per heavy atom. The molecule has 2 atom stereocenters. The highest BCUT2D eigenvalue weighted by Gasteiger charge is 2.19. The first kappa shape index (κ1) is 12.3. The topological polar surface area (TPSA) is 62.5 Å². The average molecular weight is 280 g/mol. The second-order valence-corrected chi connectivity index (χ2v) is 5.41. The monoisotopic (exact) mass is 280 g/mol. The number of rotatable bonds is 3. The van der Waals surface area contributed by atoms with Gasteiger partial charge in [0.05, 0.1) is 23.6 Å². The molecule has 0 bridgehead atoms. The maximum atomic E-state index is 9.22. The molecule has 0 radical (unpaired) electrons. The Balaban J connectivity index is 1.77. The van der Waals surface area contributed by atoms with Crippen molar-refractivity contribution in [2.24, 2.45) is 5.92 Å². The summed E-state index contributed by atoms with van der Waals surface area (Å²) in [5, 5.41) is 12.7. The van der Waals surface area contributed by atoms with Gasteiger partial charge in [-0.1, -0.05) is 24.3 Å². The van der Waals surface area contributed by atoms with Crippen LogP contribution in [0.3, 0.4) is 0 Å². The van der Waals surface area contributed by atoms with Gasteiger partial charge in [0.15, 0.2) is 5.82 Å². The Morgan fingerprint density at radius 3 is 3.00 bits per heavy atom. The van der Waals surface area contributed by atoms with E-state index < -0.39 is 0 Å². The normalized spacial score (nSPS) is 21.4. The first-order valence-corrected chi connectivity index (χ1v) is 7.11. The lowest BCUT2D eigenvalue weighted by molar-refractivity contribution is 0.250. The second-order valence-electron chi connectivity index (χ2n) is 5.41. The highest BCUT2D eigenvalue weighted by Crippen LogP contribution is 2.25. The molecular weight excluding hydrogens is 264 g/mol. The lowest BCUT2D eigenvalue weighted by atomic mass is 10.1. The number of nitrogens with one attached hydrogen (secondary N) is 1. The van der Waals surface area contributed by atoms with Gasteiger partial charge in [0.1, 0.15) is 5.52 Å². The van der Waals surface area contributed by atoms with Crippen LogP contribution in [0.4, 0.5) is 5.82 Å². The number of nitrogens with zero attached hydrogens (tertiary/aromatic N) is 3. The minimum atomic E-state index is 0.196. The molecule has 0 fully saturated rings. The van der Waals surface area contributed by atoms with Crippen LogP contribution in [0, 0.1) is 5.92 Å². The van der Waals surface area contributed by atoms with E-state index in [9.17, 15) is 5.11 Å². The predicted molar refractivity (Wildman–Crippen MR) is 82.2 cm³/mol. The van der Waals surface area contributed by atoms with Gasteiger partial charge in [-0.05, 0) is 18.6 Å². The zero-order valence-electron chi connectivity index (χ0n) is 11.5. The Kier molecular flexibility index (Phi) is 2.86. The molecule has 3 aromatic rings. The second kappa shape index (κ2) is 4.86. The largest absolute Gasteiger partial charge is 0.396 e. The third-order valence-corrected chi connectivity index (χ3v) is 3.98. The van der Waals surface area contributed by atoms with Gasteiger partial charge in [0.2, 0.25) is 0 Å². The fraction of sp³-hybridized carbons (Fsp3) is 0.250. The van der Waals surface area contributed by atoms with E-state index in [-0.39, 0.29) is 18.6 Å². The number of para-hydroxylation sites is 2. The zero-order valence-corrected chi connectivity index (χ0v) is 11.5.